The number of nitrogens with zero attached hydrogens (tertiary/aromatic N) is 3. The number of rotatable bonds is 3. The van der Waals surface area contributed by atoms with Gasteiger partial charge in [0.05, 0.1) is 11.2 Å². The first kappa shape index (κ1) is 18.7. The van der Waals surface area contributed by atoms with Crippen LogP contribution in [-0.2, 0) is 18.5 Å². The second-order valence-electron chi connectivity index (χ2n) is 9.15. The Labute approximate surface area is 168 Å². The molecule has 0 fully saturated rings. The van der Waals surface area contributed by atoms with Crippen molar-refractivity contribution in [3.8, 4) is 22.5 Å². The Balaban J connectivity index is 1.97. The van der Waals surface area contributed by atoms with Gasteiger partial charge in [0.2, 0.25) is 0 Å². The van der Waals surface area contributed by atoms with E-state index in [1.165, 1.54) is 34.4 Å². The number of anilines is 1. The van der Waals surface area contributed by atoms with E-state index in [0.29, 0.717) is 5.92 Å². The second kappa shape index (κ2) is 7.08. The molecular formula is C24H30N4. The Morgan fingerprint density at radius 3 is 2.54 bits per heavy atom. The van der Waals surface area contributed by atoms with Gasteiger partial charge >= 0.3 is 0 Å². The third-order valence-electron chi connectivity index (χ3n) is 5.43. The summed E-state index contributed by atoms with van der Waals surface area (Å²) in [6.45, 7) is 11.9. The SMILES string of the molecule is CC(C)CCc1cccc2c1NCc1ccccc1-c1nnn(C(C)(C)C)c1-2. The normalized spacial score (nSPS) is 13.2. The summed E-state index contributed by atoms with van der Waals surface area (Å²) in [5.74, 6) is 0.683. The molecule has 4 heteroatoms. The number of hydrogen-bond donors (Lipinski definition) is 1. The highest BCUT2D eigenvalue weighted by molar-refractivity contribution is 5.89. The van der Waals surface area contributed by atoms with Gasteiger partial charge in [-0.15, -0.1) is 5.10 Å². The van der Waals surface area contributed by atoms with Gasteiger partial charge in [0.25, 0.3) is 0 Å². The standard InChI is InChI=1S/C24H30N4/c1-16(2)13-14-17-10-8-12-20-21(17)25-15-18-9-6-7-11-19(18)22-23(20)28(27-26-22)24(3,4)5/h6-12,16,25H,13-15H2,1-5H3. The van der Waals surface area contributed by atoms with E-state index in [1.54, 1.807) is 0 Å². The van der Waals surface area contributed by atoms with Crippen LogP contribution < -0.4 is 5.32 Å². The van der Waals surface area contributed by atoms with Crippen molar-refractivity contribution in [3.63, 3.8) is 0 Å². The van der Waals surface area contributed by atoms with Crippen LogP contribution in [0.4, 0.5) is 5.69 Å². The number of aryl methyl sites for hydroxylation is 1. The van der Waals surface area contributed by atoms with Crippen LogP contribution in [-0.4, -0.2) is 15.0 Å². The van der Waals surface area contributed by atoms with Gasteiger partial charge in [0, 0.05) is 23.4 Å². The third-order valence-corrected chi connectivity index (χ3v) is 5.43. The molecule has 4 rings (SSSR count). The van der Waals surface area contributed by atoms with E-state index in [2.05, 4.69) is 97.4 Å². The van der Waals surface area contributed by atoms with E-state index in [9.17, 15) is 0 Å². The van der Waals surface area contributed by atoms with Crippen LogP contribution in [0.25, 0.3) is 22.5 Å². The molecule has 0 amide bonds. The minimum atomic E-state index is -0.153. The number of hydrogen-bond acceptors (Lipinski definition) is 3. The average Bonchev–Trinajstić information content (AvgIpc) is 3.08. The summed E-state index contributed by atoms with van der Waals surface area (Å²) in [5, 5.41) is 13.0. The molecule has 0 saturated carbocycles. The van der Waals surface area contributed by atoms with Crippen LogP contribution in [0.15, 0.2) is 42.5 Å². The van der Waals surface area contributed by atoms with Crippen LogP contribution in [0.5, 0.6) is 0 Å². The third kappa shape index (κ3) is 3.32. The van der Waals surface area contributed by atoms with Gasteiger partial charge in [-0.25, -0.2) is 4.68 Å². The zero-order valence-electron chi connectivity index (χ0n) is 17.6. The molecule has 0 radical (unpaired) electrons. The van der Waals surface area contributed by atoms with E-state index in [0.717, 1.165) is 24.4 Å². The van der Waals surface area contributed by atoms with Gasteiger partial charge in [0.15, 0.2) is 0 Å². The topological polar surface area (TPSA) is 42.7 Å². The number of nitrogens with one attached hydrogen (secondary N) is 1. The molecule has 1 aliphatic heterocycles. The van der Waals surface area contributed by atoms with Crippen LogP contribution in [0.1, 0.15) is 52.2 Å². The highest BCUT2D eigenvalue weighted by Gasteiger charge is 2.28. The summed E-state index contributed by atoms with van der Waals surface area (Å²) >= 11 is 0. The number of fused-ring (bicyclic) bond motifs is 5. The van der Waals surface area contributed by atoms with Crippen molar-refractivity contribution >= 4 is 5.69 Å². The first-order valence-corrected chi connectivity index (χ1v) is 10.3. The summed E-state index contributed by atoms with van der Waals surface area (Å²) in [6, 6.07) is 15.2. The van der Waals surface area contributed by atoms with Gasteiger partial charge < -0.3 is 5.32 Å². The van der Waals surface area contributed by atoms with E-state index in [1.807, 2.05) is 0 Å². The predicted octanol–water partition coefficient (Wildman–Crippen LogP) is 5.88. The highest BCUT2D eigenvalue weighted by atomic mass is 15.5. The molecule has 4 nitrogen and oxygen atoms in total. The van der Waals surface area contributed by atoms with Crippen LogP contribution in [0.3, 0.4) is 0 Å². The molecule has 1 aliphatic rings. The lowest BCUT2D eigenvalue weighted by molar-refractivity contribution is 0.351. The minimum absolute atomic E-state index is 0.153. The van der Waals surface area contributed by atoms with Crippen molar-refractivity contribution < 1.29 is 0 Å². The van der Waals surface area contributed by atoms with E-state index < -0.39 is 0 Å². The molecule has 0 saturated heterocycles. The Hall–Kier alpha value is -2.62. The van der Waals surface area contributed by atoms with Gasteiger partial charge in [-0.1, -0.05) is 61.5 Å². The zero-order valence-corrected chi connectivity index (χ0v) is 17.6. The van der Waals surface area contributed by atoms with Gasteiger partial charge in [-0.3, -0.25) is 0 Å². The fraction of sp³-hybridized carbons (Fsp3) is 0.417. The molecule has 0 aliphatic carbocycles. The Morgan fingerprint density at radius 2 is 1.79 bits per heavy atom. The van der Waals surface area contributed by atoms with E-state index in [-0.39, 0.29) is 5.54 Å². The Morgan fingerprint density at radius 1 is 1.04 bits per heavy atom. The van der Waals surface area contributed by atoms with Crippen molar-refractivity contribution in [2.45, 2.75) is 59.5 Å². The predicted molar refractivity (Wildman–Crippen MR) is 116 cm³/mol. The maximum atomic E-state index is 4.65. The van der Waals surface area contributed by atoms with E-state index in [4.69, 9.17) is 0 Å². The summed E-state index contributed by atoms with van der Waals surface area (Å²) in [5.41, 5.74) is 8.16. The quantitative estimate of drug-likeness (QED) is 0.622. The van der Waals surface area contributed by atoms with Crippen LogP contribution in [0.2, 0.25) is 0 Å². The van der Waals surface area contributed by atoms with Crippen molar-refractivity contribution in [2.75, 3.05) is 5.32 Å². The lowest BCUT2D eigenvalue weighted by Gasteiger charge is -2.26. The summed E-state index contributed by atoms with van der Waals surface area (Å²) in [6.07, 6.45) is 2.25. The number of para-hydroxylation sites is 1. The fourth-order valence-electron chi connectivity index (χ4n) is 3.92. The molecule has 0 unspecified atom stereocenters. The maximum absolute atomic E-state index is 4.65. The van der Waals surface area contributed by atoms with Crippen molar-refractivity contribution in [1.29, 1.82) is 0 Å². The van der Waals surface area contributed by atoms with Gasteiger partial charge in [0.1, 0.15) is 5.69 Å². The smallest absolute Gasteiger partial charge is 0.121 e. The van der Waals surface area contributed by atoms with Crippen LogP contribution >= 0.6 is 0 Å². The Kier molecular flexibility index (Phi) is 4.74. The molecule has 0 bridgehead atoms. The number of aromatic nitrogens is 3. The van der Waals surface area contributed by atoms with Gasteiger partial charge in [-0.05, 0) is 50.7 Å². The molecule has 3 aromatic rings. The maximum Gasteiger partial charge on any atom is 0.121 e. The molecule has 1 aromatic heterocycles. The summed E-state index contributed by atoms with van der Waals surface area (Å²) < 4.78 is 2.08. The Bertz CT molecular complexity index is 992. The molecule has 0 spiro atoms. The largest absolute Gasteiger partial charge is 0.380 e. The fourth-order valence-corrected chi connectivity index (χ4v) is 3.92. The van der Waals surface area contributed by atoms with Crippen molar-refractivity contribution in [3.05, 3.63) is 53.6 Å². The summed E-state index contributed by atoms with van der Waals surface area (Å²) in [4.78, 5) is 0. The molecule has 2 heterocycles. The minimum Gasteiger partial charge on any atom is -0.380 e. The molecule has 146 valence electrons. The molecule has 1 N–H and O–H groups in total. The van der Waals surface area contributed by atoms with Crippen molar-refractivity contribution in [2.24, 2.45) is 5.92 Å². The summed E-state index contributed by atoms with van der Waals surface area (Å²) in [7, 11) is 0. The molecular weight excluding hydrogens is 344 g/mol. The lowest BCUT2D eigenvalue weighted by Crippen LogP contribution is -2.24. The first-order valence-electron chi connectivity index (χ1n) is 10.3. The zero-order chi connectivity index (χ0) is 19.9. The van der Waals surface area contributed by atoms with Crippen LogP contribution in [0, 0.1) is 5.92 Å². The highest BCUT2D eigenvalue weighted by Crippen LogP contribution is 2.42. The lowest BCUT2D eigenvalue weighted by atomic mass is 9.92. The number of benzene rings is 2. The first-order chi connectivity index (χ1) is 13.4. The molecule has 2 aromatic carbocycles. The van der Waals surface area contributed by atoms with Gasteiger partial charge in [-0.2, -0.15) is 0 Å². The van der Waals surface area contributed by atoms with E-state index >= 15 is 0 Å². The molecule has 0 atom stereocenters. The average molecular weight is 375 g/mol. The monoisotopic (exact) mass is 374 g/mol. The second-order valence-corrected chi connectivity index (χ2v) is 9.15. The molecule has 28 heavy (non-hydrogen) atoms. The van der Waals surface area contributed by atoms with Crippen molar-refractivity contribution in [1.82, 2.24) is 15.0 Å².